The monoisotopic (exact) mass is 1140 g/mol. The van der Waals surface area contributed by atoms with Crippen LogP contribution < -0.4 is 0 Å². The van der Waals surface area contributed by atoms with Crippen LogP contribution in [0.2, 0.25) is 0 Å². The molecule has 2 unspecified atom stereocenters. The third-order valence-corrected chi connectivity index (χ3v) is 15.2. The Hall–Kier alpha value is -1.94. The van der Waals surface area contributed by atoms with E-state index < -0.39 is 97.5 Å². The molecule has 0 aliphatic carbocycles. The second kappa shape index (κ2) is 52.2. The van der Waals surface area contributed by atoms with Gasteiger partial charge in [-0.1, -0.05) is 234 Å². The molecule has 0 radical (unpaired) electrons. The molecule has 3 N–H and O–H groups in total. The van der Waals surface area contributed by atoms with Crippen molar-refractivity contribution >= 4 is 39.5 Å². The zero-order chi connectivity index (χ0) is 57.1. The van der Waals surface area contributed by atoms with Gasteiger partial charge in [0.2, 0.25) is 0 Å². The average molecular weight is 1140 g/mol. The minimum absolute atomic E-state index is 0.0988. The molecule has 0 bridgehead atoms. The Kier molecular flexibility index (Phi) is 50.8. The number of esters is 4. The van der Waals surface area contributed by atoms with Crippen molar-refractivity contribution in [3.63, 3.8) is 0 Å². The Morgan fingerprint density at radius 2 is 0.597 bits per heavy atom. The van der Waals surface area contributed by atoms with E-state index in [1.54, 1.807) is 0 Å². The van der Waals surface area contributed by atoms with E-state index in [1.807, 2.05) is 0 Å². The first-order valence-electron chi connectivity index (χ1n) is 30.6. The Balaban J connectivity index is 5.13. The highest BCUT2D eigenvalue weighted by molar-refractivity contribution is 7.47. The lowest BCUT2D eigenvalue weighted by Gasteiger charge is -2.21. The largest absolute Gasteiger partial charge is 0.472 e. The maximum Gasteiger partial charge on any atom is 0.472 e. The lowest BCUT2D eigenvalue weighted by molar-refractivity contribution is -0.161. The summed E-state index contributed by atoms with van der Waals surface area (Å²) < 4.78 is 67.3. The predicted molar refractivity (Wildman–Crippen MR) is 303 cm³/mol. The topological polar surface area (TPSA) is 237 Å². The van der Waals surface area contributed by atoms with E-state index in [2.05, 4.69) is 34.6 Å². The van der Waals surface area contributed by atoms with E-state index in [-0.39, 0.29) is 25.7 Å². The maximum atomic E-state index is 12.9. The fourth-order valence-corrected chi connectivity index (χ4v) is 10.1. The zero-order valence-corrected chi connectivity index (χ0v) is 50.9. The summed E-state index contributed by atoms with van der Waals surface area (Å²) in [6, 6.07) is 0. The van der Waals surface area contributed by atoms with E-state index in [0.29, 0.717) is 25.7 Å². The number of carbonyl (C=O) groups excluding carboxylic acids is 4. The quantitative estimate of drug-likeness (QED) is 0.0222. The Bertz CT molecular complexity index is 1520. The van der Waals surface area contributed by atoms with Gasteiger partial charge in [0, 0.05) is 25.7 Å². The lowest BCUT2D eigenvalue weighted by atomic mass is 10.0. The van der Waals surface area contributed by atoms with Gasteiger partial charge >= 0.3 is 39.5 Å². The summed E-state index contributed by atoms with van der Waals surface area (Å²) in [5.74, 6) is -1.39. The van der Waals surface area contributed by atoms with Gasteiger partial charge in [0.15, 0.2) is 12.2 Å². The van der Waals surface area contributed by atoms with E-state index in [9.17, 15) is 43.2 Å². The first-order chi connectivity index (χ1) is 37.0. The summed E-state index contributed by atoms with van der Waals surface area (Å²) in [6.45, 7) is 6.98. The Morgan fingerprint density at radius 3 is 0.883 bits per heavy atom. The highest BCUT2D eigenvalue weighted by Gasteiger charge is 2.30. The third kappa shape index (κ3) is 53.2. The summed E-state index contributed by atoms with van der Waals surface area (Å²) in [7, 11) is -9.85. The fraction of sp³-hybridized carbons (Fsp3) is 0.931. The fourth-order valence-electron chi connectivity index (χ4n) is 8.52. The molecule has 0 fully saturated rings. The molecule has 0 aromatic carbocycles. The van der Waals surface area contributed by atoms with Crippen LogP contribution in [0.4, 0.5) is 0 Å². The van der Waals surface area contributed by atoms with Crippen LogP contribution in [0.5, 0.6) is 0 Å². The molecule has 19 heteroatoms. The number of aliphatic hydroxyl groups excluding tert-OH is 1. The summed E-state index contributed by atoms with van der Waals surface area (Å²) in [6.07, 6.45) is 34.2. The van der Waals surface area contributed by atoms with E-state index in [0.717, 1.165) is 102 Å². The predicted octanol–water partition coefficient (Wildman–Crippen LogP) is 15.5. The van der Waals surface area contributed by atoms with Crippen LogP contribution >= 0.6 is 15.6 Å². The molecule has 456 valence electrons. The van der Waals surface area contributed by atoms with Gasteiger partial charge in [-0.15, -0.1) is 0 Å². The van der Waals surface area contributed by atoms with Gasteiger partial charge in [0.1, 0.15) is 19.3 Å². The number of carbonyl (C=O) groups is 4. The number of phosphoric acid groups is 2. The molecule has 0 saturated heterocycles. The number of phosphoric ester groups is 2. The van der Waals surface area contributed by atoms with Crippen LogP contribution in [-0.2, 0) is 65.4 Å². The van der Waals surface area contributed by atoms with Crippen molar-refractivity contribution in [2.24, 2.45) is 5.92 Å². The second-order valence-electron chi connectivity index (χ2n) is 21.5. The molecule has 0 aliphatic heterocycles. The van der Waals surface area contributed by atoms with Gasteiger partial charge in [-0.2, -0.15) is 0 Å². The van der Waals surface area contributed by atoms with Crippen molar-refractivity contribution in [3.8, 4) is 0 Å². The van der Waals surface area contributed by atoms with Gasteiger partial charge in [-0.05, 0) is 31.6 Å². The van der Waals surface area contributed by atoms with Crippen LogP contribution in [0.15, 0.2) is 0 Å². The minimum atomic E-state index is -4.93. The maximum absolute atomic E-state index is 12.9. The van der Waals surface area contributed by atoms with Gasteiger partial charge in [-0.3, -0.25) is 37.3 Å². The first-order valence-corrected chi connectivity index (χ1v) is 33.6. The van der Waals surface area contributed by atoms with Gasteiger partial charge in [0.05, 0.1) is 26.4 Å². The van der Waals surface area contributed by atoms with Crippen LogP contribution in [0, 0.1) is 5.92 Å². The third-order valence-electron chi connectivity index (χ3n) is 13.3. The van der Waals surface area contributed by atoms with Crippen molar-refractivity contribution in [2.75, 3.05) is 39.6 Å². The average Bonchev–Trinajstić information content (AvgIpc) is 3.39. The molecule has 0 amide bonds. The van der Waals surface area contributed by atoms with Crippen LogP contribution in [0.3, 0.4) is 0 Å². The molecule has 0 rings (SSSR count). The molecule has 0 spiro atoms. The molecule has 0 aromatic heterocycles. The van der Waals surface area contributed by atoms with E-state index in [1.165, 1.54) is 103 Å². The summed E-state index contributed by atoms with van der Waals surface area (Å²) >= 11 is 0. The van der Waals surface area contributed by atoms with Crippen molar-refractivity contribution in [1.29, 1.82) is 0 Å². The van der Waals surface area contributed by atoms with Crippen molar-refractivity contribution in [1.82, 2.24) is 0 Å². The Morgan fingerprint density at radius 1 is 0.351 bits per heavy atom. The van der Waals surface area contributed by atoms with Crippen molar-refractivity contribution in [3.05, 3.63) is 0 Å². The standard InChI is InChI=1S/C58H112O17P2/c1-6-9-12-15-16-17-18-22-25-28-33-37-42-56(61)69-48-54(75-58(63)44-39-34-29-26-23-20-19-21-24-27-32-35-40-51(4)5)50-73-77(66,67)71-46-52(59)45-70-76(64,65)72-49-53(74-57(62)43-38-31-14-11-8-3)47-68-55(60)41-36-30-13-10-7-2/h51-54,59H,6-50H2,1-5H3,(H,64,65)(H,66,67)/t52-,53+,54+/m0/s1. The summed E-state index contributed by atoms with van der Waals surface area (Å²) in [5, 5.41) is 10.5. The van der Waals surface area contributed by atoms with Gasteiger partial charge in [-0.25, -0.2) is 9.13 Å². The number of ether oxygens (including phenoxy) is 4. The summed E-state index contributed by atoms with van der Waals surface area (Å²) in [5.41, 5.74) is 0. The number of hydrogen-bond donors (Lipinski definition) is 3. The molecule has 0 aliphatic rings. The van der Waals surface area contributed by atoms with Crippen LogP contribution in [0.1, 0.15) is 285 Å². The van der Waals surface area contributed by atoms with Gasteiger partial charge in [0.25, 0.3) is 0 Å². The molecule has 5 atom stereocenters. The number of aliphatic hydroxyl groups is 1. The van der Waals surface area contributed by atoms with Crippen molar-refractivity contribution in [2.45, 2.75) is 303 Å². The van der Waals surface area contributed by atoms with E-state index >= 15 is 0 Å². The highest BCUT2D eigenvalue weighted by atomic mass is 31.2. The zero-order valence-electron chi connectivity index (χ0n) is 49.1. The smallest absolute Gasteiger partial charge is 0.462 e. The number of hydrogen-bond acceptors (Lipinski definition) is 15. The molecular formula is C58H112O17P2. The van der Waals surface area contributed by atoms with Crippen molar-refractivity contribution < 1.29 is 80.2 Å². The molecule has 0 aromatic rings. The second-order valence-corrected chi connectivity index (χ2v) is 24.4. The summed E-state index contributed by atoms with van der Waals surface area (Å²) in [4.78, 5) is 71.4. The molecule has 77 heavy (non-hydrogen) atoms. The number of unbranched alkanes of at least 4 members (excludes halogenated alkanes) is 30. The normalized spacial score (nSPS) is 14.4. The molecule has 0 saturated carbocycles. The molecular weight excluding hydrogens is 1030 g/mol. The minimum Gasteiger partial charge on any atom is -0.462 e. The van der Waals surface area contributed by atoms with E-state index in [4.69, 9.17) is 37.0 Å². The SMILES string of the molecule is CCCCCCCCCCCCCCC(=O)OC[C@H](COP(=O)(O)OC[C@@H](O)COP(=O)(O)OC[C@@H](COC(=O)CCCCCCC)OC(=O)CCCCCCC)OC(=O)CCCCCCCCCCCCCCC(C)C. The Labute approximate surface area is 467 Å². The highest BCUT2D eigenvalue weighted by Crippen LogP contribution is 2.45. The van der Waals surface area contributed by atoms with Gasteiger partial charge < -0.3 is 33.8 Å². The van der Waals surface area contributed by atoms with Crippen LogP contribution in [-0.4, -0.2) is 96.7 Å². The molecule has 17 nitrogen and oxygen atoms in total. The lowest BCUT2D eigenvalue weighted by Crippen LogP contribution is -2.30. The first kappa shape index (κ1) is 75.1. The number of rotatable bonds is 58. The van der Waals surface area contributed by atoms with Crippen LogP contribution in [0.25, 0.3) is 0 Å². The molecule has 0 heterocycles.